The summed E-state index contributed by atoms with van der Waals surface area (Å²) in [6, 6.07) is 5.21. The molecule has 0 aliphatic rings. The second kappa shape index (κ2) is 7.09. The molecule has 0 atom stereocenters. The highest BCUT2D eigenvalue weighted by atomic mass is 35.5. The first-order chi connectivity index (χ1) is 10.5. The van der Waals surface area contributed by atoms with Gasteiger partial charge in [-0.15, -0.1) is 5.10 Å². The van der Waals surface area contributed by atoms with E-state index in [2.05, 4.69) is 10.1 Å². The van der Waals surface area contributed by atoms with Gasteiger partial charge in [0, 0.05) is 22.9 Å². The molecule has 116 valence electrons. The Hall–Kier alpha value is -2.34. The van der Waals surface area contributed by atoms with Crippen LogP contribution < -0.4 is 4.74 Å². The van der Waals surface area contributed by atoms with E-state index in [4.69, 9.17) is 21.1 Å². The summed E-state index contributed by atoms with van der Waals surface area (Å²) in [5.41, 5.74) is 0.723. The van der Waals surface area contributed by atoms with Crippen molar-refractivity contribution in [1.29, 1.82) is 0 Å². The highest BCUT2D eigenvalue weighted by molar-refractivity contribution is 6.31. The van der Waals surface area contributed by atoms with E-state index in [1.165, 1.54) is 23.3 Å². The number of benzene rings is 1. The van der Waals surface area contributed by atoms with E-state index in [-0.39, 0.29) is 6.10 Å². The second-order valence-corrected chi connectivity index (χ2v) is 5.17. The summed E-state index contributed by atoms with van der Waals surface area (Å²) in [5.74, 6) is 0.661. The van der Waals surface area contributed by atoms with Crippen LogP contribution in [0.1, 0.15) is 13.8 Å². The molecule has 0 radical (unpaired) electrons. The number of rotatable bonds is 5. The predicted molar refractivity (Wildman–Crippen MR) is 83.6 cm³/mol. The molecule has 0 aliphatic heterocycles. The van der Waals surface area contributed by atoms with Gasteiger partial charge in [0.25, 0.3) is 0 Å². The fraction of sp³-hybridized carbons (Fsp3) is 0.267. The van der Waals surface area contributed by atoms with Crippen molar-refractivity contribution in [3.05, 3.63) is 35.6 Å². The molecule has 7 heteroatoms. The molecule has 1 aromatic heterocycles. The molecule has 0 N–H and O–H groups in total. The van der Waals surface area contributed by atoms with Gasteiger partial charge in [0.05, 0.1) is 13.2 Å². The van der Waals surface area contributed by atoms with Crippen LogP contribution in [-0.2, 0) is 9.53 Å². The average Bonchev–Trinajstić information content (AvgIpc) is 2.92. The van der Waals surface area contributed by atoms with Gasteiger partial charge in [0.1, 0.15) is 12.1 Å². The van der Waals surface area contributed by atoms with Gasteiger partial charge in [-0.1, -0.05) is 11.6 Å². The van der Waals surface area contributed by atoms with Crippen molar-refractivity contribution in [2.45, 2.75) is 20.0 Å². The molecule has 22 heavy (non-hydrogen) atoms. The molecule has 1 heterocycles. The number of ether oxygens (including phenoxy) is 2. The first kappa shape index (κ1) is 16.0. The quantitative estimate of drug-likeness (QED) is 0.625. The number of esters is 1. The van der Waals surface area contributed by atoms with E-state index in [1.807, 2.05) is 0 Å². The zero-order valence-corrected chi connectivity index (χ0v) is 13.2. The smallest absolute Gasteiger partial charge is 0.332 e. The predicted octanol–water partition coefficient (Wildman–Crippen LogP) is 3.03. The Bertz CT molecular complexity index is 695. The van der Waals surface area contributed by atoms with Gasteiger partial charge >= 0.3 is 5.97 Å². The second-order valence-electron chi connectivity index (χ2n) is 4.73. The van der Waals surface area contributed by atoms with Crippen LogP contribution in [0, 0.1) is 0 Å². The molecule has 0 spiro atoms. The maximum absolute atomic E-state index is 11.4. The van der Waals surface area contributed by atoms with Crippen LogP contribution in [0.4, 0.5) is 0 Å². The summed E-state index contributed by atoms with van der Waals surface area (Å²) in [6.45, 7) is 3.57. The monoisotopic (exact) mass is 321 g/mol. The minimum absolute atomic E-state index is 0.164. The maximum atomic E-state index is 11.4. The summed E-state index contributed by atoms with van der Waals surface area (Å²) >= 11 is 6.02. The Labute approximate surface area is 133 Å². The molecule has 0 unspecified atom stereocenters. The Morgan fingerprint density at radius 3 is 2.82 bits per heavy atom. The van der Waals surface area contributed by atoms with E-state index >= 15 is 0 Å². The molecule has 0 aliphatic carbocycles. The summed E-state index contributed by atoms with van der Waals surface area (Å²) in [6.07, 6.45) is 4.09. The van der Waals surface area contributed by atoms with Crippen LogP contribution in [0.2, 0.25) is 5.02 Å². The lowest BCUT2D eigenvalue weighted by Gasteiger charge is -2.03. The topological polar surface area (TPSA) is 66.2 Å². The van der Waals surface area contributed by atoms with E-state index in [0.29, 0.717) is 16.6 Å². The van der Waals surface area contributed by atoms with E-state index < -0.39 is 5.97 Å². The fourth-order valence-corrected chi connectivity index (χ4v) is 1.92. The molecule has 0 fully saturated rings. The lowest BCUT2D eigenvalue weighted by molar-refractivity contribution is -0.141. The molecule has 6 nitrogen and oxygen atoms in total. The van der Waals surface area contributed by atoms with Gasteiger partial charge in [0.2, 0.25) is 0 Å². The molecule has 0 bridgehead atoms. The van der Waals surface area contributed by atoms with Gasteiger partial charge in [-0.25, -0.2) is 14.5 Å². The van der Waals surface area contributed by atoms with Crippen LogP contribution in [0.25, 0.3) is 17.6 Å². The third-order valence-corrected chi connectivity index (χ3v) is 2.81. The van der Waals surface area contributed by atoms with Crippen molar-refractivity contribution in [3.63, 3.8) is 0 Å². The van der Waals surface area contributed by atoms with Crippen molar-refractivity contribution in [3.8, 4) is 17.1 Å². The van der Waals surface area contributed by atoms with E-state index in [1.54, 1.807) is 39.2 Å². The Balaban J connectivity index is 2.16. The standard InChI is InChI=1S/C15H16ClN3O3/c1-10(2)22-14(20)4-5-19-9-17-15(18-19)11-6-12(16)8-13(7-11)21-3/h4-10H,1-3H3/b5-4+. The summed E-state index contributed by atoms with van der Waals surface area (Å²) < 4.78 is 11.6. The molecule has 1 aromatic carbocycles. The SMILES string of the molecule is COc1cc(Cl)cc(-c2ncn(/C=C/C(=O)OC(C)C)n2)c1. The van der Waals surface area contributed by atoms with Gasteiger partial charge in [-0.3, -0.25) is 0 Å². The number of nitrogens with zero attached hydrogens (tertiary/aromatic N) is 3. The van der Waals surface area contributed by atoms with E-state index in [9.17, 15) is 4.79 Å². The van der Waals surface area contributed by atoms with Gasteiger partial charge < -0.3 is 9.47 Å². The first-order valence-corrected chi connectivity index (χ1v) is 7.00. The normalized spacial score (nSPS) is 11.1. The summed E-state index contributed by atoms with van der Waals surface area (Å²) in [7, 11) is 1.56. The van der Waals surface area contributed by atoms with Crippen LogP contribution >= 0.6 is 11.6 Å². The minimum Gasteiger partial charge on any atom is -0.497 e. The van der Waals surface area contributed by atoms with Crippen molar-refractivity contribution < 1.29 is 14.3 Å². The van der Waals surface area contributed by atoms with Crippen molar-refractivity contribution in [1.82, 2.24) is 14.8 Å². The van der Waals surface area contributed by atoms with Gasteiger partial charge in [-0.05, 0) is 32.0 Å². The van der Waals surface area contributed by atoms with Crippen LogP contribution in [0.5, 0.6) is 5.75 Å². The molecule has 2 aromatic rings. The number of methoxy groups -OCH3 is 1. The van der Waals surface area contributed by atoms with Crippen molar-refractivity contribution in [2.75, 3.05) is 7.11 Å². The number of carbonyl (C=O) groups is 1. The number of carbonyl (C=O) groups excluding carboxylic acids is 1. The Morgan fingerprint density at radius 2 is 2.14 bits per heavy atom. The fourth-order valence-electron chi connectivity index (χ4n) is 1.70. The summed E-state index contributed by atoms with van der Waals surface area (Å²) in [4.78, 5) is 15.6. The lowest BCUT2D eigenvalue weighted by atomic mass is 10.2. The van der Waals surface area contributed by atoms with Gasteiger partial charge in [0.15, 0.2) is 5.82 Å². The Kier molecular flexibility index (Phi) is 5.16. The molecular formula is C15H16ClN3O3. The van der Waals surface area contributed by atoms with Crippen molar-refractivity contribution >= 4 is 23.8 Å². The molecule has 2 rings (SSSR count). The zero-order chi connectivity index (χ0) is 16.1. The third kappa shape index (κ3) is 4.33. The molecule has 0 amide bonds. The first-order valence-electron chi connectivity index (χ1n) is 6.63. The van der Waals surface area contributed by atoms with E-state index in [0.717, 1.165) is 5.56 Å². The van der Waals surface area contributed by atoms with Crippen LogP contribution in [0.15, 0.2) is 30.6 Å². The average molecular weight is 322 g/mol. The number of hydrogen-bond acceptors (Lipinski definition) is 5. The molecular weight excluding hydrogens is 306 g/mol. The highest BCUT2D eigenvalue weighted by Crippen LogP contribution is 2.26. The number of aromatic nitrogens is 3. The lowest BCUT2D eigenvalue weighted by Crippen LogP contribution is -2.08. The maximum Gasteiger partial charge on any atom is 0.332 e. The zero-order valence-electron chi connectivity index (χ0n) is 12.5. The van der Waals surface area contributed by atoms with Crippen molar-refractivity contribution in [2.24, 2.45) is 0 Å². The number of hydrogen-bond donors (Lipinski definition) is 0. The minimum atomic E-state index is -0.434. The van der Waals surface area contributed by atoms with Crippen LogP contribution in [0.3, 0.4) is 0 Å². The molecule has 0 saturated heterocycles. The Morgan fingerprint density at radius 1 is 1.36 bits per heavy atom. The largest absolute Gasteiger partial charge is 0.497 e. The van der Waals surface area contributed by atoms with Crippen LogP contribution in [-0.4, -0.2) is 33.9 Å². The molecule has 0 saturated carbocycles. The summed E-state index contributed by atoms with van der Waals surface area (Å²) in [5, 5.41) is 4.77. The number of halogens is 1. The van der Waals surface area contributed by atoms with Gasteiger partial charge in [-0.2, -0.15) is 0 Å². The highest BCUT2D eigenvalue weighted by Gasteiger charge is 2.07. The third-order valence-electron chi connectivity index (χ3n) is 2.59.